The minimum absolute atomic E-state index is 0.136. The first kappa shape index (κ1) is 14.1. The smallest absolute Gasteiger partial charge is 0.190 e. The topological polar surface area (TPSA) is 60.4 Å². The molecular formula is C12H18NO3S-. The highest BCUT2D eigenvalue weighted by Crippen LogP contribution is 2.18. The number of aliphatic carboxylic acids is 1. The Morgan fingerprint density at radius 3 is 2.59 bits per heavy atom. The second-order valence-electron chi connectivity index (χ2n) is 4.85. The molecule has 0 aliphatic carbocycles. The van der Waals surface area contributed by atoms with Crippen LogP contribution >= 0.6 is 12.2 Å². The molecule has 1 aliphatic heterocycles. The zero-order chi connectivity index (χ0) is 13.0. The van der Waals surface area contributed by atoms with Crippen molar-refractivity contribution in [1.82, 2.24) is 4.90 Å². The van der Waals surface area contributed by atoms with Crippen LogP contribution in [0.25, 0.3) is 0 Å². The van der Waals surface area contributed by atoms with Crippen LogP contribution in [0.1, 0.15) is 39.5 Å². The Morgan fingerprint density at radius 1 is 1.41 bits per heavy atom. The van der Waals surface area contributed by atoms with E-state index in [1.165, 1.54) is 4.90 Å². The van der Waals surface area contributed by atoms with E-state index in [1.807, 2.05) is 13.8 Å². The second kappa shape index (κ2) is 6.10. The number of thiocarbonyl (C=S) groups is 1. The normalized spacial score (nSPS) is 20.4. The molecule has 1 aliphatic rings. The van der Waals surface area contributed by atoms with E-state index >= 15 is 0 Å². The van der Waals surface area contributed by atoms with Gasteiger partial charge in [-0.1, -0.05) is 26.1 Å². The largest absolute Gasteiger partial charge is 0.548 e. The van der Waals surface area contributed by atoms with Gasteiger partial charge in [0, 0.05) is 13.0 Å². The highest BCUT2D eigenvalue weighted by molar-refractivity contribution is 7.82. The Morgan fingerprint density at radius 2 is 2.06 bits per heavy atom. The average molecular weight is 256 g/mol. The van der Waals surface area contributed by atoms with Crippen molar-refractivity contribution in [3.8, 4) is 0 Å². The second-order valence-corrected chi connectivity index (χ2v) is 5.24. The summed E-state index contributed by atoms with van der Waals surface area (Å²) >= 11 is 5.10. The maximum absolute atomic E-state index is 11.8. The number of piperidine rings is 1. The fourth-order valence-electron chi connectivity index (χ4n) is 2.04. The highest BCUT2D eigenvalue weighted by atomic mass is 32.1. The molecule has 1 heterocycles. The van der Waals surface area contributed by atoms with E-state index in [4.69, 9.17) is 12.2 Å². The van der Waals surface area contributed by atoms with Crippen LogP contribution in [0.15, 0.2) is 0 Å². The van der Waals surface area contributed by atoms with Gasteiger partial charge < -0.3 is 14.8 Å². The number of rotatable bonds is 4. The maximum atomic E-state index is 11.8. The number of carboxylic acids is 1. The van der Waals surface area contributed by atoms with E-state index < -0.39 is 12.0 Å². The molecule has 1 saturated heterocycles. The predicted octanol–water partition coefficient (Wildman–Crippen LogP) is 0.533. The molecular weight excluding hydrogens is 238 g/mol. The Balaban J connectivity index is 2.71. The first-order chi connectivity index (χ1) is 7.93. The van der Waals surface area contributed by atoms with Gasteiger partial charge in [0.25, 0.3) is 0 Å². The standard InChI is InChI=1S/C12H19NO3S/c1-8(2)7-10(14)11(17)13-6-4-3-5-9(13)12(15)16/h8-9H,3-7H2,1-2H3,(H,15,16)/p-1. The van der Waals surface area contributed by atoms with Gasteiger partial charge in [-0.25, -0.2) is 0 Å². The number of ketones is 1. The van der Waals surface area contributed by atoms with Crippen molar-refractivity contribution >= 4 is 29.0 Å². The van der Waals surface area contributed by atoms with Gasteiger partial charge in [-0.15, -0.1) is 0 Å². The van der Waals surface area contributed by atoms with Crippen LogP contribution in [0.2, 0.25) is 0 Å². The summed E-state index contributed by atoms with van der Waals surface area (Å²) in [6.45, 7) is 4.42. The molecule has 96 valence electrons. The maximum Gasteiger partial charge on any atom is 0.190 e. The molecule has 0 radical (unpaired) electrons. The Bertz CT molecular complexity index is 328. The first-order valence-corrected chi connectivity index (χ1v) is 6.39. The lowest BCUT2D eigenvalue weighted by Crippen LogP contribution is -2.54. The van der Waals surface area contributed by atoms with Crippen LogP contribution in [-0.4, -0.2) is 34.2 Å². The molecule has 0 spiro atoms. The summed E-state index contributed by atoms with van der Waals surface area (Å²) in [5.74, 6) is -1.04. The number of carboxylic acid groups (broad SMARTS) is 1. The van der Waals surface area contributed by atoms with E-state index in [0.29, 0.717) is 19.4 Å². The third kappa shape index (κ3) is 3.77. The Labute approximate surface area is 107 Å². The first-order valence-electron chi connectivity index (χ1n) is 5.98. The van der Waals surface area contributed by atoms with Crippen molar-refractivity contribution < 1.29 is 14.7 Å². The molecule has 0 aromatic rings. The van der Waals surface area contributed by atoms with Crippen molar-refractivity contribution in [3.63, 3.8) is 0 Å². The van der Waals surface area contributed by atoms with Crippen molar-refractivity contribution in [2.45, 2.75) is 45.6 Å². The molecule has 1 atom stereocenters. The predicted molar refractivity (Wildman–Crippen MR) is 66.4 cm³/mol. The average Bonchev–Trinajstić information content (AvgIpc) is 2.27. The van der Waals surface area contributed by atoms with Crippen LogP contribution in [0.4, 0.5) is 0 Å². The summed E-state index contributed by atoms with van der Waals surface area (Å²) in [6, 6.07) is -0.729. The van der Waals surface area contributed by atoms with Gasteiger partial charge in [0.1, 0.15) is 4.99 Å². The van der Waals surface area contributed by atoms with E-state index in [-0.39, 0.29) is 16.7 Å². The number of hydrogen-bond acceptors (Lipinski definition) is 4. The van der Waals surface area contributed by atoms with Gasteiger partial charge in [0.2, 0.25) is 0 Å². The minimum Gasteiger partial charge on any atom is -0.548 e. The van der Waals surface area contributed by atoms with Gasteiger partial charge in [-0.3, -0.25) is 4.79 Å². The fourth-order valence-corrected chi connectivity index (χ4v) is 2.34. The summed E-state index contributed by atoms with van der Waals surface area (Å²) in [5, 5.41) is 11.0. The van der Waals surface area contributed by atoms with E-state index in [2.05, 4.69) is 0 Å². The lowest BCUT2D eigenvalue weighted by atomic mass is 10.0. The zero-order valence-electron chi connectivity index (χ0n) is 10.3. The molecule has 17 heavy (non-hydrogen) atoms. The van der Waals surface area contributed by atoms with Crippen LogP contribution in [0.5, 0.6) is 0 Å². The summed E-state index contributed by atoms with van der Waals surface area (Å²) < 4.78 is 0. The van der Waals surface area contributed by atoms with Gasteiger partial charge in [0.15, 0.2) is 5.78 Å². The number of likely N-dealkylation sites (tertiary alicyclic amines) is 1. The minimum atomic E-state index is -1.13. The van der Waals surface area contributed by atoms with Crippen LogP contribution < -0.4 is 5.11 Å². The van der Waals surface area contributed by atoms with Crippen molar-refractivity contribution in [2.75, 3.05) is 6.54 Å². The molecule has 0 aromatic carbocycles. The molecule has 1 unspecified atom stereocenters. The third-order valence-electron chi connectivity index (χ3n) is 2.87. The molecule has 0 amide bonds. The van der Waals surface area contributed by atoms with Crippen LogP contribution in [0, 0.1) is 5.92 Å². The zero-order valence-corrected chi connectivity index (χ0v) is 11.1. The van der Waals surface area contributed by atoms with Gasteiger partial charge >= 0.3 is 0 Å². The lowest BCUT2D eigenvalue weighted by molar-refractivity contribution is -0.311. The molecule has 0 aromatic heterocycles. The van der Waals surface area contributed by atoms with E-state index in [1.54, 1.807) is 0 Å². The molecule has 4 nitrogen and oxygen atoms in total. The SMILES string of the molecule is CC(C)CC(=O)C(=S)N1CCCCC1C(=O)[O-]. The van der Waals surface area contributed by atoms with Gasteiger partial charge in [-0.05, 0) is 25.2 Å². The van der Waals surface area contributed by atoms with Crippen molar-refractivity contribution in [1.29, 1.82) is 0 Å². The number of carbonyl (C=O) groups excluding carboxylic acids is 2. The van der Waals surface area contributed by atoms with E-state index in [0.717, 1.165) is 12.8 Å². The summed E-state index contributed by atoms with van der Waals surface area (Å²) in [6.07, 6.45) is 2.60. The molecule has 5 heteroatoms. The number of carbonyl (C=O) groups is 2. The van der Waals surface area contributed by atoms with Crippen LogP contribution in [-0.2, 0) is 9.59 Å². The Hall–Kier alpha value is -0.970. The number of nitrogens with zero attached hydrogens (tertiary/aromatic N) is 1. The molecule has 1 rings (SSSR count). The summed E-state index contributed by atoms with van der Waals surface area (Å²) in [4.78, 5) is 24.5. The van der Waals surface area contributed by atoms with Crippen molar-refractivity contribution in [3.05, 3.63) is 0 Å². The van der Waals surface area contributed by atoms with Crippen molar-refractivity contribution in [2.24, 2.45) is 5.92 Å². The molecule has 0 saturated carbocycles. The third-order valence-corrected chi connectivity index (χ3v) is 3.33. The molecule has 0 bridgehead atoms. The summed E-state index contributed by atoms with van der Waals surface area (Å²) in [7, 11) is 0. The number of Topliss-reactive ketones (excluding diaryl/α,β-unsaturated/α-hetero) is 1. The lowest BCUT2D eigenvalue weighted by Gasteiger charge is -2.37. The molecule has 1 fully saturated rings. The molecule has 0 N–H and O–H groups in total. The van der Waals surface area contributed by atoms with Gasteiger partial charge in [0.05, 0.1) is 12.0 Å². The van der Waals surface area contributed by atoms with E-state index in [9.17, 15) is 14.7 Å². The summed E-state index contributed by atoms with van der Waals surface area (Å²) in [5.41, 5.74) is 0. The highest BCUT2D eigenvalue weighted by Gasteiger charge is 2.28. The quantitative estimate of drug-likeness (QED) is 0.687. The fraction of sp³-hybridized carbons (Fsp3) is 0.750. The Kier molecular flexibility index (Phi) is 5.05. The monoisotopic (exact) mass is 256 g/mol. The van der Waals surface area contributed by atoms with Gasteiger partial charge in [-0.2, -0.15) is 0 Å². The number of hydrogen-bond donors (Lipinski definition) is 0. The van der Waals surface area contributed by atoms with Crippen LogP contribution in [0.3, 0.4) is 0 Å².